The number of ether oxygens (including phenoxy) is 3. The van der Waals surface area contributed by atoms with Crippen LogP contribution in [-0.2, 0) is 16.8 Å². The first-order valence-corrected chi connectivity index (χ1v) is 12.0. The Morgan fingerprint density at radius 3 is 1.83 bits per heavy atom. The minimum atomic E-state index is -0.884. The third kappa shape index (κ3) is 4.26. The smallest absolute Gasteiger partial charge is 0.144 e. The van der Waals surface area contributed by atoms with Crippen LogP contribution in [-0.4, -0.2) is 19.3 Å². The average molecular weight is 467 g/mol. The lowest BCUT2D eigenvalue weighted by Crippen LogP contribution is -2.35. The van der Waals surface area contributed by atoms with Crippen LogP contribution in [0.4, 0.5) is 0 Å². The summed E-state index contributed by atoms with van der Waals surface area (Å²) in [7, 11) is 3.34. The topological polar surface area (TPSA) is 47.9 Å². The van der Waals surface area contributed by atoms with Gasteiger partial charge in [-0.05, 0) is 77.4 Å². The summed E-state index contributed by atoms with van der Waals surface area (Å²) in [4.78, 5) is 0. The maximum atomic E-state index is 10.6. The van der Waals surface area contributed by atoms with E-state index in [1.165, 1.54) is 0 Å². The number of fused-ring (bicyclic) bond motifs is 1. The summed E-state index contributed by atoms with van der Waals surface area (Å²) in [5, 5.41) is 10.6. The van der Waals surface area contributed by atoms with E-state index in [2.05, 4.69) is 42.5 Å². The molecule has 0 saturated carbocycles. The zero-order chi connectivity index (χ0) is 24.3. The predicted octanol–water partition coefficient (Wildman–Crippen LogP) is 6.80. The van der Waals surface area contributed by atoms with Crippen molar-refractivity contribution in [2.24, 2.45) is 0 Å². The van der Waals surface area contributed by atoms with Crippen LogP contribution in [0, 0.1) is 0 Å². The van der Waals surface area contributed by atoms with Gasteiger partial charge in [-0.2, -0.15) is 0 Å². The van der Waals surface area contributed by atoms with E-state index >= 15 is 0 Å². The third-order valence-corrected chi connectivity index (χ3v) is 6.92. The predicted molar refractivity (Wildman–Crippen MR) is 137 cm³/mol. The molecule has 4 heteroatoms. The first-order chi connectivity index (χ1) is 17.2. The molecule has 0 radical (unpaired) electrons. The molecule has 0 heterocycles. The lowest BCUT2D eigenvalue weighted by molar-refractivity contribution is -0.0569. The first kappa shape index (κ1) is 23.0. The molecule has 4 aromatic rings. The Morgan fingerprint density at radius 2 is 1.26 bits per heavy atom. The molecular weight excluding hydrogens is 436 g/mol. The maximum absolute atomic E-state index is 10.6. The van der Waals surface area contributed by atoms with Gasteiger partial charge in [-0.25, -0.2) is 0 Å². The quantitative estimate of drug-likeness (QED) is 0.305. The molecule has 1 aliphatic rings. The minimum Gasteiger partial charge on any atom is -0.508 e. The van der Waals surface area contributed by atoms with E-state index in [4.69, 9.17) is 14.2 Å². The number of hydrogen-bond donors (Lipinski definition) is 1. The van der Waals surface area contributed by atoms with E-state index in [1.54, 1.807) is 20.3 Å². The van der Waals surface area contributed by atoms with Crippen LogP contribution in [0.15, 0.2) is 97.1 Å². The van der Waals surface area contributed by atoms with Crippen molar-refractivity contribution in [1.29, 1.82) is 0 Å². The molecule has 5 rings (SSSR count). The van der Waals surface area contributed by atoms with Gasteiger partial charge < -0.3 is 19.3 Å². The molecular formula is C31H30O4. The van der Waals surface area contributed by atoms with Crippen molar-refractivity contribution in [3.8, 4) is 17.2 Å². The Bertz CT molecular complexity index is 1220. The zero-order valence-corrected chi connectivity index (χ0v) is 20.1. The number of phenols is 1. The molecule has 0 saturated heterocycles. The largest absolute Gasteiger partial charge is 0.508 e. The minimum absolute atomic E-state index is 0.185. The van der Waals surface area contributed by atoms with Crippen molar-refractivity contribution in [2.75, 3.05) is 14.2 Å². The highest BCUT2D eigenvalue weighted by Gasteiger charge is 2.41. The van der Waals surface area contributed by atoms with Crippen LogP contribution in [0.2, 0.25) is 0 Å². The van der Waals surface area contributed by atoms with Crippen molar-refractivity contribution in [1.82, 2.24) is 0 Å². The fraction of sp³-hybridized carbons (Fsp3) is 0.226. The number of benzene rings is 4. The molecule has 35 heavy (non-hydrogen) atoms. The first-order valence-electron chi connectivity index (χ1n) is 12.0. The highest BCUT2D eigenvalue weighted by Crippen LogP contribution is 2.48. The fourth-order valence-corrected chi connectivity index (χ4v) is 5.15. The maximum Gasteiger partial charge on any atom is 0.144 e. The molecule has 1 aliphatic carbocycles. The Balaban J connectivity index is 1.73. The van der Waals surface area contributed by atoms with Crippen molar-refractivity contribution < 1.29 is 19.3 Å². The van der Waals surface area contributed by atoms with Gasteiger partial charge in [0.15, 0.2) is 0 Å². The molecule has 1 unspecified atom stereocenters. The summed E-state index contributed by atoms with van der Waals surface area (Å²) in [6.07, 6.45) is 2.49. The fourth-order valence-electron chi connectivity index (χ4n) is 5.15. The normalized spacial score (nSPS) is 15.3. The Morgan fingerprint density at radius 1 is 0.686 bits per heavy atom. The molecule has 1 atom stereocenters. The summed E-state index contributed by atoms with van der Waals surface area (Å²) in [6.45, 7) is 0. The van der Waals surface area contributed by atoms with Gasteiger partial charge in [0.1, 0.15) is 22.8 Å². The number of rotatable bonds is 7. The van der Waals surface area contributed by atoms with E-state index in [1.807, 2.05) is 48.5 Å². The summed E-state index contributed by atoms with van der Waals surface area (Å²) in [5.74, 6) is 1.92. The second kappa shape index (κ2) is 9.85. The monoisotopic (exact) mass is 466 g/mol. The Labute approximate surface area is 206 Å². The molecule has 4 aromatic carbocycles. The van der Waals surface area contributed by atoms with E-state index in [9.17, 15) is 5.11 Å². The molecule has 178 valence electrons. The second-order valence-corrected chi connectivity index (χ2v) is 8.85. The third-order valence-electron chi connectivity index (χ3n) is 6.92. The van der Waals surface area contributed by atoms with Gasteiger partial charge in [0.25, 0.3) is 0 Å². The number of aromatic hydroxyl groups is 1. The summed E-state index contributed by atoms with van der Waals surface area (Å²) in [6, 6.07) is 32.3. The molecule has 0 fully saturated rings. The van der Waals surface area contributed by atoms with Crippen LogP contribution in [0.1, 0.15) is 46.8 Å². The number of phenolic OH excluding ortho intramolecular Hbond substituents is 1. The van der Waals surface area contributed by atoms with Gasteiger partial charge in [-0.1, -0.05) is 66.7 Å². The van der Waals surface area contributed by atoms with Crippen molar-refractivity contribution in [3.63, 3.8) is 0 Å². The lowest BCUT2D eigenvalue weighted by atomic mass is 9.79. The van der Waals surface area contributed by atoms with E-state index in [0.29, 0.717) is 5.75 Å². The molecule has 0 spiro atoms. The molecule has 0 aliphatic heterocycles. The SMILES string of the molecule is COc1ccc(C(OC2CCCc3c(O)cccc32)(c2ccccc2)c2ccc(OC)cc2)cc1. The van der Waals surface area contributed by atoms with Crippen molar-refractivity contribution >= 4 is 0 Å². The van der Waals surface area contributed by atoms with Crippen molar-refractivity contribution in [3.05, 3.63) is 125 Å². The molecule has 1 N–H and O–H groups in total. The number of methoxy groups -OCH3 is 2. The van der Waals surface area contributed by atoms with Gasteiger partial charge in [-0.15, -0.1) is 0 Å². The van der Waals surface area contributed by atoms with Crippen LogP contribution >= 0.6 is 0 Å². The molecule has 4 nitrogen and oxygen atoms in total. The summed E-state index contributed by atoms with van der Waals surface area (Å²) in [5.41, 5.74) is 4.19. The Hall–Kier alpha value is -3.76. The van der Waals surface area contributed by atoms with Crippen LogP contribution in [0.5, 0.6) is 17.2 Å². The van der Waals surface area contributed by atoms with Gasteiger partial charge in [0, 0.05) is 0 Å². The zero-order valence-electron chi connectivity index (χ0n) is 20.1. The van der Waals surface area contributed by atoms with Gasteiger partial charge in [0.05, 0.1) is 20.3 Å². The summed E-state index contributed by atoms with van der Waals surface area (Å²) >= 11 is 0. The second-order valence-electron chi connectivity index (χ2n) is 8.85. The molecule has 0 amide bonds. The number of hydrogen-bond acceptors (Lipinski definition) is 4. The lowest BCUT2D eigenvalue weighted by Gasteiger charge is -2.40. The van der Waals surface area contributed by atoms with Crippen molar-refractivity contribution in [2.45, 2.75) is 31.0 Å². The highest BCUT2D eigenvalue weighted by atomic mass is 16.5. The van der Waals surface area contributed by atoms with E-state index < -0.39 is 5.60 Å². The van der Waals surface area contributed by atoms with Crippen LogP contribution in [0.3, 0.4) is 0 Å². The molecule has 0 aromatic heterocycles. The highest BCUT2D eigenvalue weighted by molar-refractivity contribution is 5.50. The van der Waals surface area contributed by atoms with Crippen LogP contribution < -0.4 is 9.47 Å². The molecule has 0 bridgehead atoms. The van der Waals surface area contributed by atoms with Crippen LogP contribution in [0.25, 0.3) is 0 Å². The Kier molecular flexibility index (Phi) is 6.47. The van der Waals surface area contributed by atoms with Gasteiger partial charge in [-0.3, -0.25) is 0 Å². The summed E-state index contributed by atoms with van der Waals surface area (Å²) < 4.78 is 18.2. The van der Waals surface area contributed by atoms with E-state index in [0.717, 1.165) is 58.6 Å². The van der Waals surface area contributed by atoms with E-state index in [-0.39, 0.29) is 6.10 Å². The standard InChI is InChI=1S/C31H30O4/c1-33-25-18-14-23(15-19-25)31(22-8-4-3-5-9-22,24-16-20-26(34-2)21-17-24)35-30-13-7-10-27-28(30)11-6-12-29(27)32/h3-6,8-9,11-12,14-21,30,32H,7,10,13H2,1-2H3. The van der Waals surface area contributed by atoms with Gasteiger partial charge >= 0.3 is 0 Å². The average Bonchev–Trinajstić information content (AvgIpc) is 2.93. The van der Waals surface area contributed by atoms with Gasteiger partial charge in [0.2, 0.25) is 0 Å².